The van der Waals surface area contributed by atoms with E-state index in [1.54, 1.807) is 12.3 Å². The van der Waals surface area contributed by atoms with Gasteiger partial charge in [0.2, 0.25) is 5.91 Å². The molecular formula is C12H13FN4O. The Morgan fingerprint density at radius 2 is 2.33 bits per heavy atom. The van der Waals surface area contributed by atoms with E-state index in [1.165, 1.54) is 0 Å². The van der Waals surface area contributed by atoms with E-state index in [2.05, 4.69) is 20.6 Å². The maximum absolute atomic E-state index is 13.0. The Balaban J connectivity index is 1.73. The molecule has 1 saturated heterocycles. The van der Waals surface area contributed by atoms with Crippen molar-refractivity contribution in [2.24, 2.45) is 0 Å². The molecule has 0 saturated carbocycles. The number of alkyl halides is 1. The number of fused-ring (bicyclic) bond motifs is 1. The SMILES string of the molecule is O=C(Nc1ccc2cc[nH]c2n1)[C@H]1C[C@@H](F)CN1. The molecule has 18 heavy (non-hydrogen) atoms. The number of amides is 1. The van der Waals surface area contributed by atoms with Gasteiger partial charge in [-0.25, -0.2) is 9.37 Å². The van der Waals surface area contributed by atoms with Gasteiger partial charge in [-0.15, -0.1) is 0 Å². The van der Waals surface area contributed by atoms with Crippen molar-refractivity contribution in [3.8, 4) is 0 Å². The highest BCUT2D eigenvalue weighted by Gasteiger charge is 2.29. The fraction of sp³-hybridized carbons (Fsp3) is 0.333. The molecule has 0 bridgehead atoms. The van der Waals surface area contributed by atoms with Crippen LogP contribution in [0.4, 0.5) is 10.2 Å². The zero-order chi connectivity index (χ0) is 12.5. The first-order chi connectivity index (χ1) is 8.72. The Kier molecular flexibility index (Phi) is 2.71. The average Bonchev–Trinajstić information content (AvgIpc) is 2.96. The van der Waals surface area contributed by atoms with Crippen LogP contribution in [0.1, 0.15) is 6.42 Å². The third-order valence-electron chi connectivity index (χ3n) is 3.05. The zero-order valence-electron chi connectivity index (χ0n) is 9.61. The summed E-state index contributed by atoms with van der Waals surface area (Å²) in [6.07, 6.45) is 1.06. The Hall–Kier alpha value is -1.95. The predicted octanol–water partition coefficient (Wildman–Crippen LogP) is 1.20. The Labute approximate surface area is 103 Å². The first kappa shape index (κ1) is 11.2. The molecule has 5 nitrogen and oxygen atoms in total. The molecule has 0 aliphatic carbocycles. The van der Waals surface area contributed by atoms with Crippen molar-refractivity contribution >= 4 is 22.8 Å². The molecule has 0 aromatic carbocycles. The Bertz CT molecular complexity index is 582. The Morgan fingerprint density at radius 1 is 1.44 bits per heavy atom. The maximum Gasteiger partial charge on any atom is 0.242 e. The number of aromatic amines is 1. The van der Waals surface area contributed by atoms with E-state index in [0.717, 1.165) is 11.0 Å². The van der Waals surface area contributed by atoms with Gasteiger partial charge in [0.25, 0.3) is 0 Å². The summed E-state index contributed by atoms with van der Waals surface area (Å²) in [6.45, 7) is 0.237. The second-order valence-electron chi connectivity index (χ2n) is 4.40. The summed E-state index contributed by atoms with van der Waals surface area (Å²) in [7, 11) is 0. The van der Waals surface area contributed by atoms with Gasteiger partial charge in [-0.05, 0) is 18.2 Å². The first-order valence-electron chi connectivity index (χ1n) is 5.85. The molecule has 1 fully saturated rings. The molecule has 0 radical (unpaired) electrons. The molecule has 3 rings (SSSR count). The monoisotopic (exact) mass is 248 g/mol. The second-order valence-corrected chi connectivity index (χ2v) is 4.40. The van der Waals surface area contributed by atoms with Crippen molar-refractivity contribution < 1.29 is 9.18 Å². The van der Waals surface area contributed by atoms with E-state index < -0.39 is 12.2 Å². The van der Waals surface area contributed by atoms with E-state index >= 15 is 0 Å². The number of nitrogens with one attached hydrogen (secondary N) is 3. The van der Waals surface area contributed by atoms with E-state index in [1.807, 2.05) is 12.1 Å². The summed E-state index contributed by atoms with van der Waals surface area (Å²) in [5.41, 5.74) is 0.718. The molecule has 3 N–H and O–H groups in total. The molecule has 2 aromatic heterocycles. The normalized spacial score (nSPS) is 23.4. The molecule has 1 aliphatic rings. The van der Waals surface area contributed by atoms with E-state index in [-0.39, 0.29) is 18.9 Å². The smallest absolute Gasteiger partial charge is 0.242 e. The van der Waals surface area contributed by atoms with Crippen molar-refractivity contribution in [3.63, 3.8) is 0 Å². The van der Waals surface area contributed by atoms with Gasteiger partial charge >= 0.3 is 0 Å². The van der Waals surface area contributed by atoms with E-state index in [4.69, 9.17) is 0 Å². The summed E-state index contributed by atoms with van der Waals surface area (Å²) in [5, 5.41) is 6.51. The molecule has 0 spiro atoms. The minimum absolute atomic E-state index is 0.219. The highest BCUT2D eigenvalue weighted by molar-refractivity contribution is 5.95. The van der Waals surface area contributed by atoms with Crippen molar-refractivity contribution in [2.45, 2.75) is 18.6 Å². The van der Waals surface area contributed by atoms with Gasteiger partial charge in [0, 0.05) is 24.5 Å². The summed E-state index contributed by atoms with van der Waals surface area (Å²) >= 11 is 0. The largest absolute Gasteiger partial charge is 0.346 e. The van der Waals surface area contributed by atoms with E-state index in [9.17, 15) is 9.18 Å². The number of H-pyrrole nitrogens is 1. The lowest BCUT2D eigenvalue weighted by Gasteiger charge is -2.10. The second kappa shape index (κ2) is 4.38. The highest BCUT2D eigenvalue weighted by atomic mass is 19.1. The number of rotatable bonds is 2. The lowest BCUT2D eigenvalue weighted by atomic mass is 10.2. The Morgan fingerprint density at radius 3 is 3.11 bits per heavy atom. The molecule has 2 atom stereocenters. The van der Waals surface area contributed by atoms with Crippen LogP contribution in [0.3, 0.4) is 0 Å². The fourth-order valence-electron chi connectivity index (χ4n) is 2.11. The molecule has 3 heterocycles. The van der Waals surface area contributed by atoms with Gasteiger partial charge in [-0.1, -0.05) is 0 Å². The first-order valence-corrected chi connectivity index (χ1v) is 5.85. The third-order valence-corrected chi connectivity index (χ3v) is 3.05. The van der Waals surface area contributed by atoms with Crippen molar-refractivity contribution in [1.29, 1.82) is 0 Å². The van der Waals surface area contributed by atoms with Crippen LogP contribution in [0.2, 0.25) is 0 Å². The minimum atomic E-state index is -0.945. The number of nitrogens with zero attached hydrogens (tertiary/aromatic N) is 1. The molecule has 1 amide bonds. The number of hydrogen-bond donors (Lipinski definition) is 3. The minimum Gasteiger partial charge on any atom is -0.346 e. The summed E-state index contributed by atoms with van der Waals surface area (Å²) in [5.74, 6) is 0.229. The quantitative estimate of drug-likeness (QED) is 0.748. The molecule has 2 aromatic rings. The van der Waals surface area contributed by atoms with Crippen LogP contribution in [0.25, 0.3) is 11.0 Å². The van der Waals surface area contributed by atoms with Crippen LogP contribution in [0, 0.1) is 0 Å². The van der Waals surface area contributed by atoms with Crippen LogP contribution in [-0.2, 0) is 4.79 Å². The summed E-state index contributed by atoms with van der Waals surface area (Å²) < 4.78 is 13.0. The van der Waals surface area contributed by atoms with Crippen molar-refractivity contribution in [2.75, 3.05) is 11.9 Å². The van der Waals surface area contributed by atoms with Gasteiger partial charge in [0.05, 0.1) is 6.04 Å². The van der Waals surface area contributed by atoms with Crippen LogP contribution in [-0.4, -0.2) is 34.6 Å². The fourth-order valence-corrected chi connectivity index (χ4v) is 2.11. The third kappa shape index (κ3) is 2.06. The lowest BCUT2D eigenvalue weighted by Crippen LogP contribution is -2.35. The molecule has 6 heteroatoms. The molecule has 1 aliphatic heterocycles. The number of pyridine rings is 1. The zero-order valence-corrected chi connectivity index (χ0v) is 9.61. The van der Waals surface area contributed by atoms with Crippen molar-refractivity contribution in [3.05, 3.63) is 24.4 Å². The highest BCUT2D eigenvalue weighted by Crippen LogP contribution is 2.15. The van der Waals surface area contributed by atoms with E-state index in [0.29, 0.717) is 5.82 Å². The summed E-state index contributed by atoms with van der Waals surface area (Å²) in [6, 6.07) is 5.03. The van der Waals surface area contributed by atoms with Crippen molar-refractivity contribution in [1.82, 2.24) is 15.3 Å². The van der Waals surface area contributed by atoms with Crippen LogP contribution < -0.4 is 10.6 Å². The summed E-state index contributed by atoms with van der Waals surface area (Å²) in [4.78, 5) is 19.1. The van der Waals surface area contributed by atoms with Crippen LogP contribution in [0.5, 0.6) is 0 Å². The van der Waals surface area contributed by atoms with Gasteiger partial charge in [0.1, 0.15) is 17.6 Å². The molecular weight excluding hydrogens is 235 g/mol. The number of aromatic nitrogens is 2. The number of carbonyl (C=O) groups is 1. The number of carbonyl (C=O) groups excluding carboxylic acids is 1. The predicted molar refractivity (Wildman–Crippen MR) is 66.0 cm³/mol. The topological polar surface area (TPSA) is 69.8 Å². The van der Waals surface area contributed by atoms with Crippen LogP contribution in [0.15, 0.2) is 24.4 Å². The molecule has 94 valence electrons. The standard InChI is InChI=1S/C12H13FN4O/c13-8-5-9(15-6-8)12(18)17-10-2-1-7-3-4-14-11(7)16-10/h1-4,8-9,15H,5-6H2,(H2,14,16,17,18)/t8-,9-/m1/s1. The van der Waals surface area contributed by atoms with Crippen LogP contribution >= 0.6 is 0 Å². The maximum atomic E-state index is 13.0. The van der Waals surface area contributed by atoms with Gasteiger partial charge in [-0.2, -0.15) is 0 Å². The molecule has 0 unspecified atom stereocenters. The van der Waals surface area contributed by atoms with Gasteiger partial charge in [0.15, 0.2) is 0 Å². The van der Waals surface area contributed by atoms with Gasteiger partial charge < -0.3 is 15.6 Å². The number of anilines is 1. The lowest BCUT2D eigenvalue weighted by molar-refractivity contribution is -0.117. The van der Waals surface area contributed by atoms with Gasteiger partial charge in [-0.3, -0.25) is 4.79 Å². The number of hydrogen-bond acceptors (Lipinski definition) is 3. The number of halogens is 1. The average molecular weight is 248 g/mol.